The number of amides is 1. The molecule has 0 saturated heterocycles. The van der Waals surface area contributed by atoms with Crippen molar-refractivity contribution in [3.63, 3.8) is 0 Å². The summed E-state index contributed by atoms with van der Waals surface area (Å²) in [6.45, 7) is 3.41. The number of rotatable bonds is 7. The van der Waals surface area contributed by atoms with Crippen LogP contribution in [0, 0.1) is 11.3 Å². The zero-order valence-corrected chi connectivity index (χ0v) is 18.1. The largest absolute Gasteiger partial charge is 0.457 e. The Balaban J connectivity index is 1.57. The second-order valence-corrected chi connectivity index (χ2v) is 7.18. The number of nitrogens with zero attached hydrogens (tertiary/aromatic N) is 2. The van der Waals surface area contributed by atoms with Crippen LogP contribution in [0.4, 0.5) is 11.5 Å². The number of benzene rings is 3. The van der Waals surface area contributed by atoms with Crippen LogP contribution in [0.15, 0.2) is 103 Å². The van der Waals surface area contributed by atoms with E-state index in [0.717, 1.165) is 11.3 Å². The first-order valence-electron chi connectivity index (χ1n) is 10.3. The second kappa shape index (κ2) is 10.0. The fourth-order valence-electron chi connectivity index (χ4n) is 3.17. The average Bonchev–Trinajstić information content (AvgIpc) is 2.85. The van der Waals surface area contributed by atoms with Gasteiger partial charge < -0.3 is 20.5 Å². The summed E-state index contributed by atoms with van der Waals surface area (Å²) < 4.78 is 11.9. The molecule has 1 amide bonds. The molecule has 0 aliphatic heterocycles. The highest BCUT2D eigenvalue weighted by Crippen LogP contribution is 2.38. The summed E-state index contributed by atoms with van der Waals surface area (Å²) in [4.78, 5) is 16.1. The molecule has 7 nitrogen and oxygen atoms in total. The number of para-hydroxylation sites is 1. The molecule has 0 unspecified atom stereocenters. The molecule has 0 spiro atoms. The van der Waals surface area contributed by atoms with Gasteiger partial charge in [0.1, 0.15) is 40.5 Å². The molecule has 0 aliphatic rings. The predicted molar refractivity (Wildman–Crippen MR) is 131 cm³/mol. The summed E-state index contributed by atoms with van der Waals surface area (Å²) in [5.74, 6) is 2.12. The van der Waals surface area contributed by atoms with Crippen molar-refractivity contribution in [2.24, 2.45) is 0 Å². The van der Waals surface area contributed by atoms with Gasteiger partial charge in [0.05, 0.1) is 5.56 Å². The molecule has 0 bridgehead atoms. The summed E-state index contributed by atoms with van der Waals surface area (Å²) in [7, 11) is 0. The fraction of sp³-hybridized carbons (Fsp3) is 0. The lowest BCUT2D eigenvalue weighted by Crippen LogP contribution is -2.12. The van der Waals surface area contributed by atoms with Gasteiger partial charge in [-0.2, -0.15) is 5.26 Å². The van der Waals surface area contributed by atoms with Crippen LogP contribution in [0.2, 0.25) is 0 Å². The van der Waals surface area contributed by atoms with E-state index in [1.807, 2.05) is 54.6 Å². The van der Waals surface area contributed by atoms with Gasteiger partial charge in [-0.05, 0) is 48.0 Å². The number of anilines is 2. The quantitative estimate of drug-likeness (QED) is 0.268. The lowest BCUT2D eigenvalue weighted by Gasteiger charge is -2.14. The van der Waals surface area contributed by atoms with E-state index in [9.17, 15) is 4.79 Å². The summed E-state index contributed by atoms with van der Waals surface area (Å²) in [5.41, 5.74) is 7.90. The van der Waals surface area contributed by atoms with E-state index in [2.05, 4.69) is 16.9 Å². The minimum absolute atomic E-state index is 0.185. The van der Waals surface area contributed by atoms with E-state index < -0.39 is 5.91 Å². The Labute approximate surface area is 196 Å². The number of hydrogen-bond donors (Lipinski definition) is 2. The van der Waals surface area contributed by atoms with Gasteiger partial charge >= 0.3 is 0 Å². The van der Waals surface area contributed by atoms with E-state index in [1.165, 1.54) is 0 Å². The highest BCUT2D eigenvalue weighted by molar-refractivity contribution is 6.06. The van der Waals surface area contributed by atoms with Crippen LogP contribution >= 0.6 is 0 Å². The Hall–Kier alpha value is -5.09. The molecule has 7 heteroatoms. The van der Waals surface area contributed by atoms with Gasteiger partial charge in [-0.15, -0.1) is 0 Å². The maximum Gasteiger partial charge on any atom is 0.265 e. The van der Waals surface area contributed by atoms with Crippen LogP contribution in [0.5, 0.6) is 23.0 Å². The minimum atomic E-state index is -0.577. The third-order valence-electron chi connectivity index (χ3n) is 4.79. The number of nitriles is 1. The molecule has 0 radical (unpaired) electrons. The van der Waals surface area contributed by atoms with Crippen molar-refractivity contribution in [2.45, 2.75) is 0 Å². The number of ether oxygens (including phenoxy) is 2. The van der Waals surface area contributed by atoms with Crippen molar-refractivity contribution in [3.05, 3.63) is 103 Å². The molecule has 1 heterocycles. The Morgan fingerprint density at radius 2 is 1.62 bits per heavy atom. The summed E-state index contributed by atoms with van der Waals surface area (Å²) >= 11 is 0. The van der Waals surface area contributed by atoms with Crippen LogP contribution in [0.3, 0.4) is 0 Å². The van der Waals surface area contributed by atoms with E-state index in [-0.39, 0.29) is 5.57 Å². The number of nitrogens with one attached hydrogen (secondary N) is 1. The molecule has 3 N–H and O–H groups in total. The first-order chi connectivity index (χ1) is 16.5. The Bertz CT molecular complexity index is 1380. The van der Waals surface area contributed by atoms with Crippen molar-refractivity contribution >= 4 is 17.4 Å². The average molecular weight is 448 g/mol. The molecule has 0 aliphatic carbocycles. The maximum atomic E-state index is 11.9. The predicted octanol–water partition coefficient (Wildman–Crippen LogP) is 5.93. The molecule has 166 valence electrons. The van der Waals surface area contributed by atoms with Gasteiger partial charge in [-0.1, -0.05) is 43.0 Å². The van der Waals surface area contributed by atoms with Crippen molar-refractivity contribution in [1.29, 1.82) is 5.26 Å². The number of aromatic nitrogens is 1. The molecule has 4 aromatic rings. The van der Waals surface area contributed by atoms with E-state index in [1.54, 1.807) is 42.6 Å². The number of carbonyl (C=O) groups excluding carboxylic acids is 1. The van der Waals surface area contributed by atoms with Crippen molar-refractivity contribution in [1.82, 2.24) is 4.98 Å². The number of hydrogen-bond acceptors (Lipinski definition) is 6. The molecule has 0 fully saturated rings. The van der Waals surface area contributed by atoms with Crippen molar-refractivity contribution < 1.29 is 14.3 Å². The zero-order valence-electron chi connectivity index (χ0n) is 18.1. The normalized spacial score (nSPS) is 10.1. The van der Waals surface area contributed by atoms with Crippen molar-refractivity contribution in [2.75, 3.05) is 11.1 Å². The monoisotopic (exact) mass is 448 g/mol. The summed E-state index contributed by atoms with van der Waals surface area (Å²) in [6, 6.07) is 27.2. The second-order valence-electron chi connectivity index (χ2n) is 7.18. The van der Waals surface area contributed by atoms with Gasteiger partial charge in [-0.25, -0.2) is 4.98 Å². The van der Waals surface area contributed by atoms with Crippen LogP contribution in [0.1, 0.15) is 0 Å². The first kappa shape index (κ1) is 22.1. The smallest absolute Gasteiger partial charge is 0.265 e. The lowest BCUT2D eigenvalue weighted by molar-refractivity contribution is -0.112. The van der Waals surface area contributed by atoms with Gasteiger partial charge in [0, 0.05) is 18.0 Å². The standard InChI is InChI=1S/C27H20N4O3/c1-18(17-28)27(32)31-20-6-5-9-23(16-20)34-24-14-15-30-26(29)25(24)19-10-12-22(13-11-19)33-21-7-3-2-4-8-21/h2-16H,1H2,(H2,29,30)(H,31,32). The Morgan fingerprint density at radius 1 is 0.912 bits per heavy atom. The fourth-order valence-corrected chi connectivity index (χ4v) is 3.17. The number of nitrogens with two attached hydrogens (primary N) is 1. The number of nitrogen functional groups attached to an aromatic ring is 1. The van der Waals surface area contributed by atoms with Crippen LogP contribution in [0.25, 0.3) is 11.1 Å². The van der Waals surface area contributed by atoms with Crippen molar-refractivity contribution in [3.8, 4) is 40.2 Å². The summed E-state index contributed by atoms with van der Waals surface area (Å²) in [6.07, 6.45) is 1.56. The van der Waals surface area contributed by atoms with Gasteiger partial charge in [0.25, 0.3) is 5.91 Å². The number of carbonyl (C=O) groups is 1. The zero-order chi connectivity index (χ0) is 23.9. The highest BCUT2D eigenvalue weighted by atomic mass is 16.5. The molecule has 0 atom stereocenters. The molecule has 4 rings (SSSR count). The highest BCUT2D eigenvalue weighted by Gasteiger charge is 2.14. The summed E-state index contributed by atoms with van der Waals surface area (Å²) in [5, 5.41) is 11.4. The molecule has 34 heavy (non-hydrogen) atoms. The molecular weight excluding hydrogens is 428 g/mol. The third kappa shape index (κ3) is 5.21. The van der Waals surface area contributed by atoms with Gasteiger partial charge in [0.2, 0.25) is 0 Å². The Morgan fingerprint density at radius 3 is 2.35 bits per heavy atom. The molecule has 0 saturated carbocycles. The molecule has 1 aromatic heterocycles. The van der Waals surface area contributed by atoms with Crippen LogP contribution < -0.4 is 20.5 Å². The van der Waals surface area contributed by atoms with E-state index in [4.69, 9.17) is 20.5 Å². The van der Waals surface area contributed by atoms with E-state index >= 15 is 0 Å². The van der Waals surface area contributed by atoms with Crippen LogP contribution in [-0.2, 0) is 4.79 Å². The lowest BCUT2D eigenvalue weighted by atomic mass is 10.1. The molecule has 3 aromatic carbocycles. The molecular formula is C27H20N4O3. The third-order valence-corrected chi connectivity index (χ3v) is 4.79. The number of pyridine rings is 1. The van der Waals surface area contributed by atoms with Crippen LogP contribution in [-0.4, -0.2) is 10.9 Å². The van der Waals surface area contributed by atoms with Gasteiger partial charge in [0.15, 0.2) is 0 Å². The topological polar surface area (TPSA) is 110 Å². The Kier molecular flexibility index (Phi) is 6.52. The maximum absolute atomic E-state index is 11.9. The van der Waals surface area contributed by atoms with E-state index in [0.29, 0.717) is 34.3 Å². The van der Waals surface area contributed by atoms with Gasteiger partial charge in [-0.3, -0.25) is 4.79 Å². The minimum Gasteiger partial charge on any atom is -0.457 e. The SMILES string of the molecule is C=C(C#N)C(=O)Nc1cccc(Oc2ccnc(N)c2-c2ccc(Oc3ccccc3)cc2)c1. The first-order valence-corrected chi connectivity index (χ1v) is 10.3.